The number of rotatable bonds is 8. The molecule has 2 aromatic carbocycles. The van der Waals surface area contributed by atoms with Gasteiger partial charge in [-0.15, -0.1) is 0 Å². The highest BCUT2D eigenvalue weighted by molar-refractivity contribution is 5.64. The normalized spacial score (nSPS) is 11.4. The van der Waals surface area contributed by atoms with Gasteiger partial charge < -0.3 is 4.74 Å². The zero-order valence-corrected chi connectivity index (χ0v) is 18.3. The molecule has 6 heteroatoms. The van der Waals surface area contributed by atoms with Gasteiger partial charge in [-0.05, 0) is 43.1 Å². The van der Waals surface area contributed by atoms with Crippen molar-refractivity contribution in [3.05, 3.63) is 87.8 Å². The van der Waals surface area contributed by atoms with Crippen LogP contribution in [0.5, 0.6) is 5.75 Å². The average Bonchev–Trinajstić information content (AvgIpc) is 3.20. The monoisotopic (exact) mass is 416 g/mol. The van der Waals surface area contributed by atoms with E-state index in [1.807, 2.05) is 30.3 Å². The SMILES string of the molecule is CCCN(Cc1ccc(OC)cc1)Cc1cc(=O)n2[nH]c(-c3ccc(C)cc3)cc2n1. The first kappa shape index (κ1) is 20.9. The van der Waals surface area contributed by atoms with Crippen molar-refractivity contribution in [1.29, 1.82) is 0 Å². The molecule has 2 aromatic heterocycles. The van der Waals surface area contributed by atoms with Gasteiger partial charge in [-0.1, -0.05) is 48.9 Å². The fraction of sp³-hybridized carbons (Fsp3) is 0.280. The Hall–Kier alpha value is -3.38. The highest BCUT2D eigenvalue weighted by Gasteiger charge is 2.12. The Labute approximate surface area is 182 Å². The van der Waals surface area contributed by atoms with Crippen molar-refractivity contribution < 1.29 is 4.74 Å². The smallest absolute Gasteiger partial charge is 0.272 e. The second-order valence-electron chi connectivity index (χ2n) is 7.87. The largest absolute Gasteiger partial charge is 0.497 e. The molecule has 0 bridgehead atoms. The van der Waals surface area contributed by atoms with Crippen molar-refractivity contribution in [2.24, 2.45) is 0 Å². The molecule has 0 fully saturated rings. The fourth-order valence-corrected chi connectivity index (χ4v) is 3.75. The Kier molecular flexibility index (Phi) is 6.18. The van der Waals surface area contributed by atoms with E-state index in [1.165, 1.54) is 15.6 Å². The number of H-pyrrole nitrogens is 1. The summed E-state index contributed by atoms with van der Waals surface area (Å²) in [5, 5.41) is 3.17. The van der Waals surface area contributed by atoms with E-state index in [9.17, 15) is 4.79 Å². The van der Waals surface area contributed by atoms with Crippen molar-refractivity contribution in [2.45, 2.75) is 33.4 Å². The molecule has 0 unspecified atom stereocenters. The van der Waals surface area contributed by atoms with Crippen LogP contribution >= 0.6 is 0 Å². The summed E-state index contributed by atoms with van der Waals surface area (Å²) in [7, 11) is 1.67. The number of aryl methyl sites for hydroxylation is 1. The van der Waals surface area contributed by atoms with Crippen LogP contribution in [0.1, 0.15) is 30.2 Å². The zero-order chi connectivity index (χ0) is 21.8. The Morgan fingerprint density at radius 1 is 1.03 bits per heavy atom. The van der Waals surface area contributed by atoms with Gasteiger partial charge >= 0.3 is 0 Å². The number of hydrogen-bond donors (Lipinski definition) is 1. The van der Waals surface area contributed by atoms with Crippen molar-refractivity contribution in [1.82, 2.24) is 19.5 Å². The molecule has 0 saturated carbocycles. The van der Waals surface area contributed by atoms with E-state index in [0.29, 0.717) is 12.2 Å². The minimum absolute atomic E-state index is 0.0979. The van der Waals surface area contributed by atoms with E-state index >= 15 is 0 Å². The predicted molar refractivity (Wildman–Crippen MR) is 123 cm³/mol. The number of methoxy groups -OCH3 is 1. The van der Waals surface area contributed by atoms with E-state index in [4.69, 9.17) is 9.72 Å². The molecule has 2 heterocycles. The van der Waals surface area contributed by atoms with Crippen LogP contribution in [0.3, 0.4) is 0 Å². The van der Waals surface area contributed by atoms with Gasteiger partial charge in [-0.25, -0.2) is 9.50 Å². The molecule has 0 saturated heterocycles. The van der Waals surface area contributed by atoms with Gasteiger partial charge in [0.2, 0.25) is 0 Å². The lowest BCUT2D eigenvalue weighted by atomic mass is 10.1. The molecule has 0 radical (unpaired) electrons. The number of aromatic amines is 1. The molecule has 0 spiro atoms. The van der Waals surface area contributed by atoms with Crippen molar-refractivity contribution in [3.63, 3.8) is 0 Å². The number of nitrogens with one attached hydrogen (secondary N) is 1. The molecule has 0 aliphatic heterocycles. The second-order valence-corrected chi connectivity index (χ2v) is 7.87. The number of aromatic nitrogens is 3. The topological polar surface area (TPSA) is 62.6 Å². The summed E-state index contributed by atoms with van der Waals surface area (Å²) in [6.07, 6.45) is 1.03. The molecule has 0 aliphatic carbocycles. The minimum atomic E-state index is -0.0979. The van der Waals surface area contributed by atoms with Gasteiger partial charge in [0.1, 0.15) is 5.75 Å². The van der Waals surface area contributed by atoms with Crippen LogP contribution in [0, 0.1) is 6.92 Å². The highest BCUT2D eigenvalue weighted by Crippen LogP contribution is 2.19. The molecule has 6 nitrogen and oxygen atoms in total. The Morgan fingerprint density at radius 3 is 2.45 bits per heavy atom. The number of hydrogen-bond acceptors (Lipinski definition) is 4. The number of benzene rings is 2. The summed E-state index contributed by atoms with van der Waals surface area (Å²) in [5.41, 5.74) is 5.63. The number of nitrogens with zero attached hydrogens (tertiary/aromatic N) is 3. The van der Waals surface area contributed by atoms with Crippen molar-refractivity contribution in [2.75, 3.05) is 13.7 Å². The highest BCUT2D eigenvalue weighted by atomic mass is 16.5. The van der Waals surface area contributed by atoms with Crippen LogP contribution in [-0.4, -0.2) is 33.2 Å². The third kappa shape index (κ3) is 4.86. The molecular weight excluding hydrogens is 388 g/mol. The summed E-state index contributed by atoms with van der Waals surface area (Å²) < 4.78 is 6.75. The maximum atomic E-state index is 12.7. The van der Waals surface area contributed by atoms with E-state index in [-0.39, 0.29) is 5.56 Å². The molecule has 160 valence electrons. The second kappa shape index (κ2) is 9.18. The van der Waals surface area contributed by atoms with Gasteiger partial charge in [0.15, 0.2) is 5.65 Å². The average molecular weight is 417 g/mol. The first-order valence-electron chi connectivity index (χ1n) is 10.6. The first-order chi connectivity index (χ1) is 15.1. The standard InChI is InChI=1S/C25H28N4O2/c1-4-13-28(16-19-7-11-22(31-3)12-8-19)17-21-14-25(30)29-24(26-21)15-23(27-29)20-9-5-18(2)6-10-20/h5-12,14-15,27H,4,13,16-17H2,1-3H3. The van der Waals surface area contributed by atoms with E-state index in [1.54, 1.807) is 13.2 Å². The molecule has 4 aromatic rings. The van der Waals surface area contributed by atoms with Crippen LogP contribution in [-0.2, 0) is 13.1 Å². The maximum absolute atomic E-state index is 12.7. The number of ether oxygens (including phenoxy) is 1. The predicted octanol–water partition coefficient (Wildman–Crippen LogP) is 4.42. The van der Waals surface area contributed by atoms with Crippen LogP contribution in [0.15, 0.2) is 65.5 Å². The Bertz CT molecular complexity index is 1210. The molecule has 0 amide bonds. The lowest BCUT2D eigenvalue weighted by Crippen LogP contribution is -2.26. The quantitative estimate of drug-likeness (QED) is 0.462. The third-order valence-corrected chi connectivity index (χ3v) is 5.36. The van der Waals surface area contributed by atoms with Gasteiger partial charge in [0.25, 0.3) is 5.56 Å². The van der Waals surface area contributed by atoms with Crippen molar-refractivity contribution in [3.8, 4) is 17.0 Å². The van der Waals surface area contributed by atoms with E-state index in [0.717, 1.165) is 42.2 Å². The number of fused-ring (bicyclic) bond motifs is 1. The summed E-state index contributed by atoms with van der Waals surface area (Å²) in [5.74, 6) is 0.850. The lowest BCUT2D eigenvalue weighted by Gasteiger charge is -2.21. The van der Waals surface area contributed by atoms with Gasteiger partial charge in [0.05, 0.1) is 18.5 Å². The van der Waals surface area contributed by atoms with Gasteiger partial charge in [0, 0.05) is 25.2 Å². The molecule has 4 rings (SSSR count). The third-order valence-electron chi connectivity index (χ3n) is 5.36. The van der Waals surface area contributed by atoms with Crippen LogP contribution in [0.4, 0.5) is 0 Å². The Morgan fingerprint density at radius 2 is 1.77 bits per heavy atom. The van der Waals surface area contributed by atoms with Crippen molar-refractivity contribution >= 4 is 5.65 Å². The summed E-state index contributed by atoms with van der Waals surface area (Å²) in [6, 6.07) is 19.9. The molecule has 1 N–H and O–H groups in total. The molecule has 31 heavy (non-hydrogen) atoms. The van der Waals surface area contributed by atoms with Crippen LogP contribution < -0.4 is 10.3 Å². The zero-order valence-electron chi connectivity index (χ0n) is 18.3. The fourth-order valence-electron chi connectivity index (χ4n) is 3.75. The van der Waals surface area contributed by atoms with Crippen LogP contribution in [0.2, 0.25) is 0 Å². The molecule has 0 aliphatic rings. The summed E-state index contributed by atoms with van der Waals surface area (Å²) in [6.45, 7) is 6.56. The lowest BCUT2D eigenvalue weighted by molar-refractivity contribution is 0.254. The van der Waals surface area contributed by atoms with Gasteiger partial charge in [-0.2, -0.15) is 0 Å². The van der Waals surface area contributed by atoms with E-state index < -0.39 is 0 Å². The molecular formula is C25H28N4O2. The minimum Gasteiger partial charge on any atom is -0.497 e. The summed E-state index contributed by atoms with van der Waals surface area (Å²) in [4.78, 5) is 19.8. The van der Waals surface area contributed by atoms with Crippen LogP contribution in [0.25, 0.3) is 16.9 Å². The van der Waals surface area contributed by atoms with Gasteiger partial charge in [-0.3, -0.25) is 14.8 Å². The Balaban J connectivity index is 1.58. The molecule has 0 atom stereocenters. The van der Waals surface area contributed by atoms with E-state index in [2.05, 4.69) is 48.1 Å². The maximum Gasteiger partial charge on any atom is 0.272 e. The summed E-state index contributed by atoms with van der Waals surface area (Å²) >= 11 is 0. The first-order valence-corrected chi connectivity index (χ1v) is 10.6.